The van der Waals surface area contributed by atoms with Gasteiger partial charge in [0.1, 0.15) is 0 Å². The molecule has 0 spiro atoms. The molecule has 2 aliphatic rings. The third-order valence-corrected chi connectivity index (χ3v) is 5.10. The molecule has 2 aliphatic heterocycles. The number of amides is 1. The molecule has 0 aromatic heterocycles. The quantitative estimate of drug-likeness (QED) is 0.845. The van der Waals surface area contributed by atoms with Crippen molar-refractivity contribution in [3.05, 3.63) is 0 Å². The van der Waals surface area contributed by atoms with Gasteiger partial charge in [0.2, 0.25) is 5.91 Å². The minimum Gasteiger partial charge on any atom is -0.339 e. The Balaban J connectivity index is 0.00000200. The van der Waals surface area contributed by atoms with Crippen LogP contribution in [0.3, 0.4) is 0 Å². The highest BCUT2D eigenvalue weighted by atomic mass is 35.5. The summed E-state index contributed by atoms with van der Waals surface area (Å²) >= 11 is 0. The van der Waals surface area contributed by atoms with E-state index in [0.29, 0.717) is 17.9 Å². The number of hydrogen-bond acceptors (Lipinski definition) is 2. The van der Waals surface area contributed by atoms with E-state index in [1.54, 1.807) is 0 Å². The first-order chi connectivity index (χ1) is 9.22. The van der Waals surface area contributed by atoms with Crippen LogP contribution in [-0.2, 0) is 4.79 Å². The summed E-state index contributed by atoms with van der Waals surface area (Å²) in [5.41, 5.74) is 0. The summed E-state index contributed by atoms with van der Waals surface area (Å²) in [5.74, 6) is 1.80. The maximum atomic E-state index is 12.5. The molecule has 1 N–H and O–H groups in total. The Bertz CT molecular complexity index is 292. The number of piperidine rings is 1. The third-order valence-electron chi connectivity index (χ3n) is 5.10. The second-order valence-corrected chi connectivity index (χ2v) is 6.43. The van der Waals surface area contributed by atoms with Gasteiger partial charge in [0.25, 0.3) is 0 Å². The molecule has 2 rings (SSSR count). The Morgan fingerprint density at radius 2 is 2.15 bits per heavy atom. The van der Waals surface area contributed by atoms with Crippen LogP contribution in [0.25, 0.3) is 0 Å². The van der Waals surface area contributed by atoms with Crippen molar-refractivity contribution in [3.63, 3.8) is 0 Å². The summed E-state index contributed by atoms with van der Waals surface area (Å²) in [6, 6.07) is 0.507. The molecule has 0 aliphatic carbocycles. The van der Waals surface area contributed by atoms with Gasteiger partial charge in [0.05, 0.1) is 0 Å². The SMILES string of the molecule is CCC(C)C1CCCCN1C(=O)CCC1CCNC1.Cl. The molecule has 0 bridgehead atoms. The van der Waals surface area contributed by atoms with Crippen molar-refractivity contribution in [2.45, 2.75) is 64.8 Å². The van der Waals surface area contributed by atoms with E-state index in [1.165, 1.54) is 32.1 Å². The normalized spacial score (nSPS) is 28.0. The first-order valence-electron chi connectivity index (χ1n) is 8.22. The van der Waals surface area contributed by atoms with Crippen LogP contribution in [0.15, 0.2) is 0 Å². The van der Waals surface area contributed by atoms with E-state index in [4.69, 9.17) is 0 Å². The zero-order valence-corrected chi connectivity index (χ0v) is 13.9. The number of halogens is 1. The van der Waals surface area contributed by atoms with Crippen LogP contribution in [0.2, 0.25) is 0 Å². The Labute approximate surface area is 130 Å². The highest BCUT2D eigenvalue weighted by Gasteiger charge is 2.30. The molecule has 3 atom stereocenters. The molecule has 0 aromatic rings. The lowest BCUT2D eigenvalue weighted by Crippen LogP contribution is -2.46. The lowest BCUT2D eigenvalue weighted by Gasteiger charge is -2.39. The van der Waals surface area contributed by atoms with E-state index in [9.17, 15) is 4.79 Å². The molecule has 2 saturated heterocycles. The maximum Gasteiger partial charge on any atom is 0.222 e. The van der Waals surface area contributed by atoms with Crippen LogP contribution in [0, 0.1) is 11.8 Å². The fraction of sp³-hybridized carbons (Fsp3) is 0.938. The van der Waals surface area contributed by atoms with Crippen molar-refractivity contribution in [2.24, 2.45) is 11.8 Å². The van der Waals surface area contributed by atoms with E-state index in [1.807, 2.05) is 0 Å². The predicted molar refractivity (Wildman–Crippen MR) is 86.3 cm³/mol. The van der Waals surface area contributed by atoms with Gasteiger partial charge in [-0.25, -0.2) is 0 Å². The van der Waals surface area contributed by atoms with E-state index < -0.39 is 0 Å². The van der Waals surface area contributed by atoms with Crippen LogP contribution in [0.4, 0.5) is 0 Å². The minimum atomic E-state index is 0. The Morgan fingerprint density at radius 3 is 2.80 bits per heavy atom. The van der Waals surface area contributed by atoms with Gasteiger partial charge in [0.15, 0.2) is 0 Å². The lowest BCUT2D eigenvalue weighted by atomic mass is 9.89. The smallest absolute Gasteiger partial charge is 0.222 e. The summed E-state index contributed by atoms with van der Waals surface area (Å²) in [5, 5.41) is 3.39. The fourth-order valence-corrected chi connectivity index (χ4v) is 3.56. The van der Waals surface area contributed by atoms with Crippen LogP contribution in [0.1, 0.15) is 58.8 Å². The van der Waals surface area contributed by atoms with Crippen LogP contribution >= 0.6 is 12.4 Å². The van der Waals surface area contributed by atoms with E-state index in [-0.39, 0.29) is 12.4 Å². The predicted octanol–water partition coefficient (Wildman–Crippen LogP) is 3.23. The molecular formula is C16H31ClN2O. The first-order valence-corrected chi connectivity index (χ1v) is 8.22. The van der Waals surface area contributed by atoms with Crippen molar-refractivity contribution >= 4 is 18.3 Å². The Morgan fingerprint density at radius 1 is 1.35 bits per heavy atom. The average molecular weight is 303 g/mol. The molecule has 0 aromatic carbocycles. The monoisotopic (exact) mass is 302 g/mol. The number of carbonyl (C=O) groups is 1. The molecule has 3 unspecified atom stereocenters. The average Bonchev–Trinajstić information content (AvgIpc) is 2.97. The molecule has 0 saturated carbocycles. The Kier molecular flexibility index (Phi) is 7.90. The minimum absolute atomic E-state index is 0. The van der Waals surface area contributed by atoms with Gasteiger partial charge in [-0.2, -0.15) is 0 Å². The number of hydrogen-bond donors (Lipinski definition) is 1. The summed E-state index contributed by atoms with van der Waals surface area (Å²) < 4.78 is 0. The molecule has 0 radical (unpaired) electrons. The van der Waals surface area contributed by atoms with Crippen molar-refractivity contribution in [2.75, 3.05) is 19.6 Å². The zero-order chi connectivity index (χ0) is 13.7. The summed E-state index contributed by atoms with van der Waals surface area (Å²) in [7, 11) is 0. The number of carbonyl (C=O) groups excluding carboxylic acids is 1. The molecule has 118 valence electrons. The summed E-state index contributed by atoms with van der Waals surface area (Å²) in [4.78, 5) is 14.7. The van der Waals surface area contributed by atoms with Crippen LogP contribution < -0.4 is 5.32 Å². The van der Waals surface area contributed by atoms with Gasteiger partial charge in [-0.05, 0) is 57.0 Å². The van der Waals surface area contributed by atoms with Gasteiger partial charge in [-0.3, -0.25) is 4.79 Å². The van der Waals surface area contributed by atoms with Crippen LogP contribution in [-0.4, -0.2) is 36.5 Å². The topological polar surface area (TPSA) is 32.3 Å². The standard InChI is InChI=1S/C16H30N2O.ClH/c1-3-13(2)15-6-4-5-11-18(15)16(19)8-7-14-9-10-17-12-14;/h13-15,17H,3-12H2,1-2H3;1H. The second kappa shape index (κ2) is 8.89. The molecule has 2 fully saturated rings. The molecule has 4 heteroatoms. The summed E-state index contributed by atoms with van der Waals surface area (Å²) in [6.07, 6.45) is 7.98. The van der Waals surface area contributed by atoms with Gasteiger partial charge >= 0.3 is 0 Å². The highest BCUT2D eigenvalue weighted by Crippen LogP contribution is 2.26. The van der Waals surface area contributed by atoms with Gasteiger partial charge in [-0.1, -0.05) is 20.3 Å². The molecule has 3 nitrogen and oxygen atoms in total. The van der Waals surface area contributed by atoms with Gasteiger partial charge in [0, 0.05) is 19.0 Å². The zero-order valence-electron chi connectivity index (χ0n) is 13.1. The number of likely N-dealkylation sites (tertiary alicyclic amines) is 1. The van der Waals surface area contributed by atoms with Crippen molar-refractivity contribution in [1.29, 1.82) is 0 Å². The highest BCUT2D eigenvalue weighted by molar-refractivity contribution is 5.85. The van der Waals surface area contributed by atoms with E-state index in [0.717, 1.165) is 38.4 Å². The maximum absolute atomic E-state index is 12.5. The Hall–Kier alpha value is -0.280. The molecular weight excluding hydrogens is 272 g/mol. The fourth-order valence-electron chi connectivity index (χ4n) is 3.56. The lowest BCUT2D eigenvalue weighted by molar-refractivity contribution is -0.136. The molecule has 20 heavy (non-hydrogen) atoms. The van der Waals surface area contributed by atoms with Crippen molar-refractivity contribution in [3.8, 4) is 0 Å². The second-order valence-electron chi connectivity index (χ2n) is 6.43. The van der Waals surface area contributed by atoms with Crippen LogP contribution in [0.5, 0.6) is 0 Å². The van der Waals surface area contributed by atoms with Gasteiger partial charge < -0.3 is 10.2 Å². The molecule has 1 amide bonds. The van der Waals surface area contributed by atoms with Gasteiger partial charge in [-0.15, -0.1) is 12.4 Å². The number of nitrogens with zero attached hydrogens (tertiary/aromatic N) is 1. The third kappa shape index (κ3) is 4.63. The van der Waals surface area contributed by atoms with Crippen molar-refractivity contribution < 1.29 is 4.79 Å². The summed E-state index contributed by atoms with van der Waals surface area (Å²) in [6.45, 7) is 7.79. The number of nitrogens with one attached hydrogen (secondary N) is 1. The number of rotatable bonds is 5. The van der Waals surface area contributed by atoms with E-state index >= 15 is 0 Å². The molecule has 2 heterocycles. The van der Waals surface area contributed by atoms with Crippen molar-refractivity contribution in [1.82, 2.24) is 10.2 Å². The van der Waals surface area contributed by atoms with E-state index in [2.05, 4.69) is 24.1 Å². The largest absolute Gasteiger partial charge is 0.339 e. The first kappa shape index (κ1) is 17.8.